The van der Waals surface area contributed by atoms with Gasteiger partial charge in [0.1, 0.15) is 11.7 Å². The van der Waals surface area contributed by atoms with Gasteiger partial charge >= 0.3 is 6.09 Å². The zero-order valence-electron chi connectivity index (χ0n) is 26.5. The van der Waals surface area contributed by atoms with Crippen LogP contribution < -0.4 is 0 Å². The summed E-state index contributed by atoms with van der Waals surface area (Å²) in [5.41, 5.74) is 2.89. The van der Waals surface area contributed by atoms with Gasteiger partial charge in [0.15, 0.2) is 0 Å². The summed E-state index contributed by atoms with van der Waals surface area (Å²) in [4.78, 5) is 17.2. The van der Waals surface area contributed by atoms with Crippen molar-refractivity contribution in [3.8, 4) is 0 Å². The highest BCUT2D eigenvalue weighted by molar-refractivity contribution is 5.68. The number of benzene rings is 3. The molecule has 2 unspecified atom stereocenters. The summed E-state index contributed by atoms with van der Waals surface area (Å²) in [5.74, 6) is 0.350. The van der Waals surface area contributed by atoms with Gasteiger partial charge in [0, 0.05) is 32.7 Å². The Bertz CT molecular complexity index is 1210. The smallest absolute Gasteiger partial charge is 0.410 e. The lowest BCUT2D eigenvalue weighted by atomic mass is 9.94. The molecule has 2 fully saturated rings. The van der Waals surface area contributed by atoms with E-state index in [4.69, 9.17) is 18.9 Å². The van der Waals surface area contributed by atoms with E-state index in [-0.39, 0.29) is 24.4 Å². The molecule has 2 heterocycles. The van der Waals surface area contributed by atoms with E-state index in [0.717, 1.165) is 55.7 Å². The molecule has 1 amide bonds. The molecule has 0 spiro atoms. The third kappa shape index (κ3) is 9.89. The number of ether oxygens (including phenoxy) is 4. The van der Waals surface area contributed by atoms with Crippen LogP contribution in [-0.2, 0) is 38.8 Å². The molecule has 2 saturated heterocycles. The maximum atomic E-state index is 12.9. The van der Waals surface area contributed by atoms with Crippen LogP contribution in [0.15, 0.2) is 91.0 Å². The van der Waals surface area contributed by atoms with Crippen molar-refractivity contribution in [2.45, 2.75) is 77.3 Å². The van der Waals surface area contributed by atoms with E-state index in [2.05, 4.69) is 41.3 Å². The van der Waals surface area contributed by atoms with E-state index in [1.165, 1.54) is 0 Å². The van der Waals surface area contributed by atoms with Crippen molar-refractivity contribution >= 4 is 6.09 Å². The predicted octanol–water partition coefficient (Wildman–Crippen LogP) is 6.71. The highest BCUT2D eigenvalue weighted by atomic mass is 16.6. The summed E-state index contributed by atoms with van der Waals surface area (Å²) in [6.45, 7) is 11.0. The quantitative estimate of drug-likeness (QED) is 0.244. The average Bonchev–Trinajstić information content (AvgIpc) is 3.03. The molecule has 7 nitrogen and oxygen atoms in total. The third-order valence-electron chi connectivity index (χ3n) is 8.20. The van der Waals surface area contributed by atoms with Crippen LogP contribution in [-0.4, -0.2) is 72.5 Å². The van der Waals surface area contributed by atoms with Crippen LogP contribution in [0, 0.1) is 5.92 Å². The van der Waals surface area contributed by atoms with Gasteiger partial charge in [-0.25, -0.2) is 4.79 Å². The lowest BCUT2D eigenvalue weighted by Crippen LogP contribution is -2.59. The highest BCUT2D eigenvalue weighted by Gasteiger charge is 2.40. The van der Waals surface area contributed by atoms with Crippen LogP contribution in [0.3, 0.4) is 0 Å². The fraction of sp³-hybridized carbons (Fsp3) is 0.486. The second-order valence-electron chi connectivity index (χ2n) is 13.1. The van der Waals surface area contributed by atoms with Crippen molar-refractivity contribution in [1.82, 2.24) is 9.80 Å². The van der Waals surface area contributed by atoms with Crippen LogP contribution in [0.4, 0.5) is 4.79 Å². The molecular formula is C37H48N2O5. The van der Waals surface area contributed by atoms with Gasteiger partial charge in [-0.1, -0.05) is 91.0 Å². The molecule has 3 aromatic rings. The first-order chi connectivity index (χ1) is 21.3. The molecule has 0 radical (unpaired) electrons. The number of carbonyl (C=O) groups excluding carboxylic acids is 1. The maximum absolute atomic E-state index is 12.9. The van der Waals surface area contributed by atoms with Gasteiger partial charge < -0.3 is 23.8 Å². The van der Waals surface area contributed by atoms with Gasteiger partial charge in [0.05, 0.1) is 32.0 Å². The number of amides is 1. The Hall–Kier alpha value is -3.23. The summed E-state index contributed by atoms with van der Waals surface area (Å²) in [5, 5.41) is 0. The number of piperidine rings is 2. The Morgan fingerprint density at radius 1 is 0.705 bits per heavy atom. The third-order valence-corrected chi connectivity index (χ3v) is 8.20. The maximum Gasteiger partial charge on any atom is 0.410 e. The number of nitrogens with zero attached hydrogens (tertiary/aromatic N) is 2. The minimum absolute atomic E-state index is 0.181. The molecule has 0 N–H and O–H groups in total. The fourth-order valence-electron chi connectivity index (χ4n) is 6.08. The van der Waals surface area contributed by atoms with E-state index in [9.17, 15) is 4.79 Å². The van der Waals surface area contributed by atoms with Gasteiger partial charge in [-0.05, 0) is 56.2 Å². The minimum Gasteiger partial charge on any atom is -0.444 e. The van der Waals surface area contributed by atoms with E-state index >= 15 is 0 Å². The topological polar surface area (TPSA) is 60.5 Å². The molecule has 5 rings (SSSR count). The van der Waals surface area contributed by atoms with Gasteiger partial charge in [0.2, 0.25) is 0 Å². The van der Waals surface area contributed by atoms with E-state index in [1.807, 2.05) is 80.3 Å². The van der Waals surface area contributed by atoms with Crippen LogP contribution in [0.2, 0.25) is 0 Å². The molecule has 0 aliphatic carbocycles. The Kier molecular flexibility index (Phi) is 11.5. The monoisotopic (exact) mass is 600 g/mol. The van der Waals surface area contributed by atoms with Gasteiger partial charge in [-0.15, -0.1) is 0 Å². The Labute approximate surface area is 263 Å². The normalized spacial score (nSPS) is 22.9. The van der Waals surface area contributed by atoms with Crippen molar-refractivity contribution in [1.29, 1.82) is 0 Å². The molecule has 3 aromatic carbocycles. The molecule has 0 aromatic heterocycles. The first-order valence-corrected chi connectivity index (χ1v) is 16.0. The molecule has 44 heavy (non-hydrogen) atoms. The van der Waals surface area contributed by atoms with Crippen molar-refractivity contribution in [3.05, 3.63) is 108 Å². The summed E-state index contributed by atoms with van der Waals surface area (Å²) >= 11 is 0. The molecule has 0 saturated carbocycles. The van der Waals surface area contributed by atoms with E-state index in [0.29, 0.717) is 32.3 Å². The summed E-state index contributed by atoms with van der Waals surface area (Å²) in [6.07, 6.45) is 1.24. The lowest BCUT2D eigenvalue weighted by molar-refractivity contribution is -0.186. The van der Waals surface area contributed by atoms with Crippen molar-refractivity contribution in [2.24, 2.45) is 5.92 Å². The summed E-state index contributed by atoms with van der Waals surface area (Å²) in [6, 6.07) is 30.9. The Balaban J connectivity index is 1.31. The molecule has 236 valence electrons. The van der Waals surface area contributed by atoms with Gasteiger partial charge in [-0.2, -0.15) is 0 Å². The largest absolute Gasteiger partial charge is 0.444 e. The van der Waals surface area contributed by atoms with Crippen LogP contribution in [0.1, 0.15) is 50.3 Å². The molecule has 7 heteroatoms. The van der Waals surface area contributed by atoms with E-state index in [1.54, 1.807) is 0 Å². The highest BCUT2D eigenvalue weighted by Crippen LogP contribution is 2.27. The number of hydrogen-bond donors (Lipinski definition) is 0. The second kappa shape index (κ2) is 15.7. The molecule has 0 bridgehead atoms. The molecule has 2 aliphatic heterocycles. The molecule has 2 aliphatic rings. The van der Waals surface area contributed by atoms with Crippen LogP contribution in [0.5, 0.6) is 0 Å². The van der Waals surface area contributed by atoms with Crippen LogP contribution >= 0.6 is 0 Å². The lowest BCUT2D eigenvalue weighted by Gasteiger charge is -2.45. The molecular weight excluding hydrogens is 552 g/mol. The second-order valence-corrected chi connectivity index (χ2v) is 13.1. The van der Waals surface area contributed by atoms with E-state index < -0.39 is 5.60 Å². The van der Waals surface area contributed by atoms with Crippen LogP contribution in [0.25, 0.3) is 0 Å². The zero-order valence-corrected chi connectivity index (χ0v) is 26.5. The first-order valence-electron chi connectivity index (χ1n) is 16.0. The summed E-state index contributed by atoms with van der Waals surface area (Å²) < 4.78 is 25.7. The van der Waals surface area contributed by atoms with Gasteiger partial charge in [0.25, 0.3) is 0 Å². The number of likely N-dealkylation sites (tertiary alicyclic amines) is 2. The average molecular weight is 601 g/mol. The fourth-order valence-corrected chi connectivity index (χ4v) is 6.08. The molecule has 4 atom stereocenters. The number of carbonyl (C=O) groups is 1. The number of hydrogen-bond acceptors (Lipinski definition) is 6. The van der Waals surface area contributed by atoms with Crippen molar-refractivity contribution in [2.75, 3.05) is 32.7 Å². The minimum atomic E-state index is -0.502. The summed E-state index contributed by atoms with van der Waals surface area (Å²) in [7, 11) is 0. The SMILES string of the molecule is CC(C)(C)OC(=O)N1CCCC(CN2C[C@H](OCc3ccccc3)C(OCc3ccccc3)[C@H](OCc3ccccc3)C2)C1. The van der Waals surface area contributed by atoms with Crippen molar-refractivity contribution < 1.29 is 23.7 Å². The predicted molar refractivity (Wildman–Crippen MR) is 172 cm³/mol. The number of rotatable bonds is 11. The zero-order chi connectivity index (χ0) is 30.8. The van der Waals surface area contributed by atoms with Gasteiger partial charge in [-0.3, -0.25) is 4.90 Å². The Morgan fingerprint density at radius 3 is 1.66 bits per heavy atom. The Morgan fingerprint density at radius 2 is 1.18 bits per heavy atom. The standard InChI is InChI=1S/C37H48N2O5/c1-37(2,3)44-36(40)39-21-13-20-32(23-39)22-38-24-33(41-26-29-14-7-4-8-15-29)35(43-28-31-18-11-6-12-19-31)34(25-38)42-27-30-16-9-5-10-17-30/h4-12,14-19,32-35H,13,20-28H2,1-3H3/t32?,33-,34+,35?. The van der Waals surface area contributed by atoms with Crippen molar-refractivity contribution in [3.63, 3.8) is 0 Å². The first kappa shape index (κ1) is 32.2.